The molecule has 0 radical (unpaired) electrons. The van der Waals surface area contributed by atoms with Crippen LogP contribution in [0.15, 0.2) is 0 Å². The van der Waals surface area contributed by atoms with Crippen molar-refractivity contribution in [3.8, 4) is 0 Å². The van der Waals surface area contributed by atoms with Crippen LogP contribution in [0.3, 0.4) is 0 Å². The van der Waals surface area contributed by atoms with Gasteiger partial charge >= 0.3 is 0 Å². The third-order valence-electron chi connectivity index (χ3n) is 3.69. The largest absolute Gasteiger partial charge is 0.380 e. The Balaban J connectivity index is 1.93. The van der Waals surface area contributed by atoms with Gasteiger partial charge in [0.2, 0.25) is 5.91 Å². The predicted molar refractivity (Wildman–Crippen MR) is 62.2 cm³/mol. The maximum Gasteiger partial charge on any atom is 0.252 e. The van der Waals surface area contributed by atoms with E-state index in [1.54, 1.807) is 0 Å². The molecule has 0 aromatic heterocycles. The Morgan fingerprint density at radius 3 is 2.65 bits per heavy atom. The van der Waals surface area contributed by atoms with E-state index in [-0.39, 0.29) is 11.8 Å². The molecule has 1 aliphatic heterocycles. The number of hydrogen-bond acceptors (Lipinski definition) is 3. The summed E-state index contributed by atoms with van der Waals surface area (Å²) in [5.74, 6) is -0.511. The lowest BCUT2D eigenvalue weighted by Gasteiger charge is -2.33. The molecule has 2 rings (SSSR count). The van der Waals surface area contributed by atoms with Crippen LogP contribution in [-0.2, 0) is 9.59 Å². The summed E-state index contributed by atoms with van der Waals surface area (Å²) in [6.07, 6.45) is 5.37. The average Bonchev–Trinajstić information content (AvgIpc) is 2.33. The minimum absolute atomic E-state index is 0.135. The number of carbonyl (C=O) groups excluding carboxylic acids is 2. The first kappa shape index (κ1) is 12.4. The molecule has 2 aliphatic rings. The molecular formula is C12H20N2O3. The van der Waals surface area contributed by atoms with Gasteiger partial charge in [0.15, 0.2) is 0 Å². The third-order valence-corrected chi connectivity index (χ3v) is 3.69. The fraction of sp³-hybridized carbons (Fsp3) is 0.833. The van der Waals surface area contributed by atoms with Gasteiger partial charge < -0.3 is 15.7 Å². The Morgan fingerprint density at radius 2 is 2.00 bits per heavy atom. The highest BCUT2D eigenvalue weighted by Gasteiger charge is 2.39. The maximum absolute atomic E-state index is 12.0. The summed E-state index contributed by atoms with van der Waals surface area (Å²) in [4.78, 5) is 23.5. The Kier molecular flexibility index (Phi) is 3.66. The third kappa shape index (κ3) is 2.77. The van der Waals surface area contributed by atoms with Gasteiger partial charge in [0.1, 0.15) is 11.6 Å². The molecular weight excluding hydrogens is 220 g/mol. The van der Waals surface area contributed by atoms with Crippen LogP contribution >= 0.6 is 0 Å². The SMILES string of the molecule is O=C1NCCC[C@@H]1NC(=O)C1(O)CCCCC1. The summed E-state index contributed by atoms with van der Waals surface area (Å²) in [6.45, 7) is 0.676. The van der Waals surface area contributed by atoms with E-state index in [1.807, 2.05) is 0 Å². The lowest BCUT2D eigenvalue weighted by atomic mass is 9.84. The van der Waals surface area contributed by atoms with Crippen LogP contribution in [0.5, 0.6) is 0 Å². The fourth-order valence-corrected chi connectivity index (χ4v) is 2.57. The van der Waals surface area contributed by atoms with Crippen LogP contribution in [-0.4, -0.2) is 35.1 Å². The van der Waals surface area contributed by atoms with E-state index in [1.165, 1.54) is 0 Å². The molecule has 0 aromatic carbocycles. The molecule has 5 nitrogen and oxygen atoms in total. The summed E-state index contributed by atoms with van der Waals surface area (Å²) in [5, 5.41) is 15.6. The number of aliphatic hydroxyl groups is 1. The normalized spacial score (nSPS) is 28.3. The van der Waals surface area contributed by atoms with Gasteiger partial charge in [-0.15, -0.1) is 0 Å². The molecule has 2 fully saturated rings. The smallest absolute Gasteiger partial charge is 0.252 e. The van der Waals surface area contributed by atoms with Gasteiger partial charge in [0.05, 0.1) is 0 Å². The second-order valence-corrected chi connectivity index (χ2v) is 5.05. The molecule has 1 saturated carbocycles. The minimum atomic E-state index is -1.25. The Labute approximate surface area is 101 Å². The van der Waals surface area contributed by atoms with Crippen LogP contribution in [0.1, 0.15) is 44.9 Å². The van der Waals surface area contributed by atoms with E-state index in [9.17, 15) is 14.7 Å². The zero-order valence-corrected chi connectivity index (χ0v) is 10.00. The van der Waals surface area contributed by atoms with Gasteiger partial charge in [0.25, 0.3) is 5.91 Å². The minimum Gasteiger partial charge on any atom is -0.380 e. The fourth-order valence-electron chi connectivity index (χ4n) is 2.57. The molecule has 1 atom stereocenters. The predicted octanol–water partition coefficient (Wildman–Crippen LogP) is 0.0764. The van der Waals surface area contributed by atoms with Gasteiger partial charge in [-0.25, -0.2) is 0 Å². The van der Waals surface area contributed by atoms with Gasteiger partial charge in [0, 0.05) is 6.54 Å². The van der Waals surface area contributed by atoms with Crippen molar-refractivity contribution in [2.75, 3.05) is 6.54 Å². The highest BCUT2D eigenvalue weighted by molar-refractivity contribution is 5.91. The van der Waals surface area contributed by atoms with E-state index in [2.05, 4.69) is 10.6 Å². The van der Waals surface area contributed by atoms with Crippen molar-refractivity contribution in [2.24, 2.45) is 0 Å². The van der Waals surface area contributed by atoms with E-state index in [0.717, 1.165) is 25.7 Å². The average molecular weight is 240 g/mol. The quantitative estimate of drug-likeness (QED) is 0.639. The number of hydrogen-bond donors (Lipinski definition) is 3. The van der Waals surface area contributed by atoms with Crippen LogP contribution in [0.25, 0.3) is 0 Å². The highest BCUT2D eigenvalue weighted by Crippen LogP contribution is 2.28. The van der Waals surface area contributed by atoms with E-state index in [4.69, 9.17) is 0 Å². The van der Waals surface area contributed by atoms with Crippen LogP contribution in [0, 0.1) is 0 Å². The zero-order chi connectivity index (χ0) is 12.3. The maximum atomic E-state index is 12.0. The molecule has 0 bridgehead atoms. The topological polar surface area (TPSA) is 78.4 Å². The Hall–Kier alpha value is -1.10. The molecule has 0 unspecified atom stereocenters. The monoisotopic (exact) mass is 240 g/mol. The van der Waals surface area contributed by atoms with Crippen molar-refractivity contribution >= 4 is 11.8 Å². The van der Waals surface area contributed by atoms with Gasteiger partial charge in [-0.05, 0) is 25.7 Å². The molecule has 96 valence electrons. The van der Waals surface area contributed by atoms with E-state index in [0.29, 0.717) is 25.8 Å². The lowest BCUT2D eigenvalue weighted by molar-refractivity contribution is -0.146. The molecule has 0 spiro atoms. The van der Waals surface area contributed by atoms with E-state index >= 15 is 0 Å². The molecule has 5 heteroatoms. The summed E-state index contributed by atoms with van der Waals surface area (Å²) >= 11 is 0. The van der Waals surface area contributed by atoms with Gasteiger partial charge in [-0.1, -0.05) is 19.3 Å². The van der Waals surface area contributed by atoms with Crippen LogP contribution < -0.4 is 10.6 Å². The van der Waals surface area contributed by atoms with Crippen molar-refractivity contribution in [1.82, 2.24) is 10.6 Å². The number of rotatable bonds is 2. The Morgan fingerprint density at radius 1 is 1.29 bits per heavy atom. The molecule has 17 heavy (non-hydrogen) atoms. The molecule has 0 aromatic rings. The standard InChI is InChI=1S/C12H20N2O3/c15-10-9(5-4-8-13-10)14-11(16)12(17)6-2-1-3-7-12/h9,17H,1-8H2,(H,13,15)(H,14,16)/t9-/m0/s1. The molecule has 1 heterocycles. The molecule has 3 N–H and O–H groups in total. The van der Waals surface area contributed by atoms with Crippen molar-refractivity contribution < 1.29 is 14.7 Å². The van der Waals surface area contributed by atoms with E-state index < -0.39 is 11.6 Å². The number of piperidine rings is 1. The van der Waals surface area contributed by atoms with Crippen molar-refractivity contribution in [3.63, 3.8) is 0 Å². The van der Waals surface area contributed by atoms with Crippen molar-refractivity contribution in [2.45, 2.75) is 56.6 Å². The van der Waals surface area contributed by atoms with Crippen molar-refractivity contribution in [3.05, 3.63) is 0 Å². The summed E-state index contributed by atoms with van der Waals surface area (Å²) in [6, 6.07) is -0.470. The summed E-state index contributed by atoms with van der Waals surface area (Å²) in [7, 11) is 0. The Bertz CT molecular complexity index is 311. The molecule has 1 aliphatic carbocycles. The van der Waals surface area contributed by atoms with Gasteiger partial charge in [-0.2, -0.15) is 0 Å². The second-order valence-electron chi connectivity index (χ2n) is 5.05. The van der Waals surface area contributed by atoms with Crippen LogP contribution in [0.4, 0.5) is 0 Å². The van der Waals surface area contributed by atoms with Crippen molar-refractivity contribution in [1.29, 1.82) is 0 Å². The van der Waals surface area contributed by atoms with Gasteiger partial charge in [-0.3, -0.25) is 9.59 Å². The number of carbonyl (C=O) groups is 2. The molecule has 1 saturated heterocycles. The lowest BCUT2D eigenvalue weighted by Crippen LogP contribution is -2.56. The second kappa shape index (κ2) is 5.04. The number of nitrogens with one attached hydrogen (secondary N) is 2. The number of amides is 2. The summed E-state index contributed by atoms with van der Waals surface area (Å²) in [5.41, 5.74) is -1.25. The highest BCUT2D eigenvalue weighted by atomic mass is 16.3. The summed E-state index contributed by atoms with van der Waals surface area (Å²) < 4.78 is 0. The first-order chi connectivity index (χ1) is 8.12. The van der Waals surface area contributed by atoms with Crippen LogP contribution in [0.2, 0.25) is 0 Å². The first-order valence-electron chi connectivity index (χ1n) is 6.43. The zero-order valence-electron chi connectivity index (χ0n) is 10.00. The molecule has 2 amide bonds. The first-order valence-corrected chi connectivity index (χ1v) is 6.43.